The van der Waals surface area contributed by atoms with Crippen LogP contribution in [0.2, 0.25) is 5.02 Å². The lowest BCUT2D eigenvalue weighted by Gasteiger charge is -2.08. The number of amides is 1. The molecule has 0 saturated heterocycles. The van der Waals surface area contributed by atoms with Gasteiger partial charge < -0.3 is 13.9 Å². The normalized spacial score (nSPS) is 10.8. The van der Waals surface area contributed by atoms with Gasteiger partial charge in [-0.2, -0.15) is 5.10 Å². The van der Waals surface area contributed by atoms with Gasteiger partial charge in [-0.25, -0.2) is 10.2 Å². The van der Waals surface area contributed by atoms with Crippen molar-refractivity contribution >= 4 is 61.6 Å². The molecule has 30 heavy (non-hydrogen) atoms. The highest BCUT2D eigenvalue weighted by atomic mass is 79.9. The van der Waals surface area contributed by atoms with Gasteiger partial charge in [0.1, 0.15) is 11.5 Å². The van der Waals surface area contributed by atoms with Crippen LogP contribution >= 0.6 is 43.5 Å². The summed E-state index contributed by atoms with van der Waals surface area (Å²) in [6.07, 6.45) is 2.73. The molecule has 0 radical (unpaired) electrons. The van der Waals surface area contributed by atoms with Crippen molar-refractivity contribution in [3.05, 3.63) is 80.1 Å². The summed E-state index contributed by atoms with van der Waals surface area (Å²) in [5.41, 5.74) is 2.81. The Balaban J connectivity index is 1.60. The molecule has 0 aliphatic rings. The van der Waals surface area contributed by atoms with Crippen LogP contribution in [-0.4, -0.2) is 24.7 Å². The number of carbonyl (C=O) groups is 2. The number of hydrogen-bond acceptors (Lipinski definition) is 6. The average Bonchev–Trinajstić information content (AvgIpc) is 3.24. The van der Waals surface area contributed by atoms with Crippen LogP contribution in [0.4, 0.5) is 0 Å². The van der Waals surface area contributed by atoms with E-state index in [1.54, 1.807) is 42.5 Å². The maximum atomic E-state index is 12.1. The SMILES string of the molecule is O=C(COc1ccc(Cl)cc1Br)N/N=C/c1cc(Br)ccc1OC(=O)c1ccco1. The van der Waals surface area contributed by atoms with Crippen molar-refractivity contribution in [3.8, 4) is 11.5 Å². The first-order valence-electron chi connectivity index (χ1n) is 8.37. The zero-order valence-electron chi connectivity index (χ0n) is 15.1. The summed E-state index contributed by atoms with van der Waals surface area (Å²) in [7, 11) is 0. The number of nitrogens with one attached hydrogen (secondary N) is 1. The third kappa shape index (κ3) is 6.19. The van der Waals surface area contributed by atoms with Crippen LogP contribution < -0.4 is 14.9 Å². The predicted molar refractivity (Wildman–Crippen MR) is 118 cm³/mol. The van der Waals surface area contributed by atoms with E-state index in [-0.39, 0.29) is 18.1 Å². The highest BCUT2D eigenvalue weighted by Crippen LogP contribution is 2.28. The zero-order valence-corrected chi connectivity index (χ0v) is 19.0. The third-order valence-corrected chi connectivity index (χ3v) is 4.89. The van der Waals surface area contributed by atoms with E-state index < -0.39 is 11.9 Å². The molecule has 3 rings (SSSR count). The molecule has 1 heterocycles. The minimum Gasteiger partial charge on any atom is -0.483 e. The molecule has 0 fully saturated rings. The first kappa shape index (κ1) is 22.1. The van der Waals surface area contributed by atoms with Crippen LogP contribution in [0.25, 0.3) is 0 Å². The van der Waals surface area contributed by atoms with Gasteiger partial charge in [-0.15, -0.1) is 0 Å². The first-order chi connectivity index (χ1) is 14.4. The van der Waals surface area contributed by atoms with Crippen LogP contribution in [0, 0.1) is 0 Å². The van der Waals surface area contributed by atoms with Gasteiger partial charge in [-0.1, -0.05) is 27.5 Å². The third-order valence-electron chi connectivity index (χ3n) is 3.54. The lowest BCUT2D eigenvalue weighted by molar-refractivity contribution is -0.123. The van der Waals surface area contributed by atoms with Gasteiger partial charge in [0.15, 0.2) is 6.61 Å². The van der Waals surface area contributed by atoms with E-state index >= 15 is 0 Å². The molecule has 0 aliphatic heterocycles. The summed E-state index contributed by atoms with van der Waals surface area (Å²) in [4.78, 5) is 24.1. The molecule has 0 atom stereocenters. The number of hydrogen-bond donors (Lipinski definition) is 1. The quantitative estimate of drug-likeness (QED) is 0.187. The van der Waals surface area contributed by atoms with Gasteiger partial charge in [0, 0.05) is 15.1 Å². The molecule has 0 saturated carbocycles. The second kappa shape index (κ2) is 10.4. The molecular weight excluding hydrogens is 543 g/mol. The van der Waals surface area contributed by atoms with Crippen LogP contribution in [0.3, 0.4) is 0 Å². The smallest absolute Gasteiger partial charge is 0.379 e. The van der Waals surface area contributed by atoms with Crippen molar-refractivity contribution in [1.29, 1.82) is 0 Å². The van der Waals surface area contributed by atoms with E-state index in [9.17, 15) is 9.59 Å². The first-order valence-corrected chi connectivity index (χ1v) is 10.3. The van der Waals surface area contributed by atoms with Gasteiger partial charge in [0.05, 0.1) is 17.0 Å². The second-order valence-corrected chi connectivity index (χ2v) is 7.91. The second-order valence-electron chi connectivity index (χ2n) is 5.71. The van der Waals surface area contributed by atoms with Crippen molar-refractivity contribution in [2.24, 2.45) is 5.10 Å². The Labute approximate surface area is 193 Å². The van der Waals surface area contributed by atoms with Crippen LogP contribution in [0.15, 0.2) is 73.3 Å². The Morgan fingerprint density at radius 3 is 2.67 bits per heavy atom. The molecule has 1 amide bonds. The Morgan fingerprint density at radius 2 is 1.93 bits per heavy atom. The summed E-state index contributed by atoms with van der Waals surface area (Å²) in [6.45, 7) is -0.254. The summed E-state index contributed by atoms with van der Waals surface area (Å²) < 4.78 is 17.1. The largest absolute Gasteiger partial charge is 0.483 e. The molecule has 0 spiro atoms. The summed E-state index contributed by atoms with van der Waals surface area (Å²) >= 11 is 12.5. The Morgan fingerprint density at radius 1 is 1.13 bits per heavy atom. The highest BCUT2D eigenvalue weighted by Gasteiger charge is 2.14. The number of ether oxygens (including phenoxy) is 2. The maximum Gasteiger partial charge on any atom is 0.379 e. The summed E-state index contributed by atoms with van der Waals surface area (Å²) in [5, 5.41) is 4.43. The van der Waals surface area contributed by atoms with Crippen LogP contribution in [0.5, 0.6) is 11.5 Å². The van der Waals surface area contributed by atoms with Crippen molar-refractivity contribution in [1.82, 2.24) is 5.43 Å². The van der Waals surface area contributed by atoms with Gasteiger partial charge in [0.2, 0.25) is 5.76 Å². The minimum atomic E-state index is -0.650. The molecular formula is C20H13Br2ClN2O5. The lowest BCUT2D eigenvalue weighted by Crippen LogP contribution is -2.24. The van der Waals surface area contributed by atoms with Crippen LogP contribution in [0.1, 0.15) is 16.1 Å². The van der Waals surface area contributed by atoms with E-state index in [4.69, 9.17) is 25.5 Å². The molecule has 0 unspecified atom stereocenters. The van der Waals surface area contributed by atoms with Gasteiger partial charge in [-0.05, 0) is 64.5 Å². The monoisotopic (exact) mass is 554 g/mol. The molecule has 0 aliphatic carbocycles. The van der Waals surface area contributed by atoms with Gasteiger partial charge in [-0.3, -0.25) is 4.79 Å². The van der Waals surface area contributed by atoms with Gasteiger partial charge >= 0.3 is 5.97 Å². The number of halogens is 3. The molecule has 1 N–H and O–H groups in total. The number of rotatable bonds is 7. The molecule has 1 aromatic heterocycles. The number of nitrogens with zero attached hydrogens (tertiary/aromatic N) is 1. The van der Waals surface area contributed by atoms with Crippen molar-refractivity contribution in [2.45, 2.75) is 0 Å². The number of carbonyl (C=O) groups excluding carboxylic acids is 2. The van der Waals surface area contributed by atoms with Crippen molar-refractivity contribution in [2.75, 3.05) is 6.61 Å². The molecule has 0 bridgehead atoms. The molecule has 2 aromatic carbocycles. The number of hydrazone groups is 1. The number of furan rings is 1. The standard InChI is InChI=1S/C20H13Br2ClN2O5/c21-13-3-5-16(30-20(27)18-2-1-7-28-18)12(8-13)10-24-25-19(26)11-29-17-6-4-14(23)9-15(17)22/h1-10H,11H2,(H,25,26)/b24-10+. The summed E-state index contributed by atoms with van der Waals surface area (Å²) in [5.74, 6) is -0.337. The summed E-state index contributed by atoms with van der Waals surface area (Å²) in [6, 6.07) is 13.0. The zero-order chi connectivity index (χ0) is 21.5. The van der Waals surface area contributed by atoms with E-state index in [1.807, 2.05) is 0 Å². The molecule has 10 heteroatoms. The van der Waals surface area contributed by atoms with Gasteiger partial charge in [0.25, 0.3) is 5.91 Å². The average molecular weight is 557 g/mol. The fraction of sp³-hybridized carbons (Fsp3) is 0.0500. The highest BCUT2D eigenvalue weighted by molar-refractivity contribution is 9.10. The van der Waals surface area contributed by atoms with Crippen LogP contribution in [-0.2, 0) is 4.79 Å². The van der Waals surface area contributed by atoms with E-state index in [0.717, 1.165) is 4.47 Å². The Kier molecular flexibility index (Phi) is 7.67. The lowest BCUT2D eigenvalue weighted by atomic mass is 10.2. The Hall–Kier alpha value is -2.62. The van der Waals surface area contributed by atoms with E-state index in [0.29, 0.717) is 20.8 Å². The van der Waals surface area contributed by atoms with E-state index in [2.05, 4.69) is 42.4 Å². The molecule has 154 valence electrons. The Bertz CT molecular complexity index is 1090. The van der Waals surface area contributed by atoms with E-state index in [1.165, 1.54) is 18.5 Å². The predicted octanol–water partition coefficient (Wildman–Crippen LogP) is 5.21. The molecule has 7 nitrogen and oxygen atoms in total. The fourth-order valence-corrected chi connectivity index (χ4v) is 3.38. The fourth-order valence-electron chi connectivity index (χ4n) is 2.20. The number of benzene rings is 2. The topological polar surface area (TPSA) is 90.1 Å². The number of esters is 1. The van der Waals surface area contributed by atoms with Crippen molar-refractivity contribution < 1.29 is 23.5 Å². The molecule has 3 aromatic rings. The maximum absolute atomic E-state index is 12.1. The van der Waals surface area contributed by atoms with Crippen molar-refractivity contribution in [3.63, 3.8) is 0 Å². The minimum absolute atomic E-state index is 0.0691.